The van der Waals surface area contributed by atoms with Crippen LogP contribution in [0.4, 0.5) is 0 Å². The Morgan fingerprint density at radius 2 is 2.05 bits per heavy atom. The maximum atomic E-state index is 12.7. The highest BCUT2D eigenvalue weighted by Crippen LogP contribution is 2.31. The molecule has 5 heteroatoms. The standard InChI is InChI=1S/C16H21ClO3S/c1-11-5-3-8-15(9-11)21(19,20)12(2)16(18)13-6-4-7-14(17)10-13/h4,6-7,10-12,15H,3,5,8-9H2,1-2H3. The summed E-state index contributed by atoms with van der Waals surface area (Å²) in [6.07, 6.45) is 3.32. The molecule has 0 heterocycles. The van der Waals surface area contributed by atoms with E-state index in [0.29, 0.717) is 29.3 Å². The van der Waals surface area contributed by atoms with Crippen molar-refractivity contribution in [3.05, 3.63) is 34.9 Å². The third-order valence-electron chi connectivity index (χ3n) is 4.32. The summed E-state index contributed by atoms with van der Waals surface area (Å²) in [5.74, 6) is 0.0442. The molecule has 0 amide bonds. The zero-order chi connectivity index (χ0) is 15.6. The Morgan fingerprint density at radius 1 is 1.33 bits per heavy atom. The number of hydrogen-bond donors (Lipinski definition) is 0. The summed E-state index contributed by atoms with van der Waals surface area (Å²) in [5, 5.41) is -0.956. The lowest BCUT2D eigenvalue weighted by atomic mass is 9.90. The molecule has 1 saturated carbocycles. The molecule has 3 unspecified atom stereocenters. The zero-order valence-corrected chi connectivity index (χ0v) is 14.0. The smallest absolute Gasteiger partial charge is 0.180 e. The van der Waals surface area contributed by atoms with Gasteiger partial charge in [-0.2, -0.15) is 0 Å². The number of halogens is 1. The lowest BCUT2D eigenvalue weighted by Crippen LogP contribution is -2.38. The van der Waals surface area contributed by atoms with E-state index >= 15 is 0 Å². The van der Waals surface area contributed by atoms with E-state index in [4.69, 9.17) is 11.6 Å². The molecule has 0 N–H and O–H groups in total. The van der Waals surface area contributed by atoms with Crippen LogP contribution in [0.3, 0.4) is 0 Å². The van der Waals surface area contributed by atoms with Gasteiger partial charge >= 0.3 is 0 Å². The van der Waals surface area contributed by atoms with Gasteiger partial charge in [0, 0.05) is 10.6 Å². The summed E-state index contributed by atoms with van der Waals surface area (Å²) in [4.78, 5) is 12.4. The highest BCUT2D eigenvalue weighted by atomic mass is 35.5. The van der Waals surface area contributed by atoms with E-state index in [0.717, 1.165) is 12.8 Å². The molecule has 116 valence electrons. The van der Waals surface area contributed by atoms with Crippen LogP contribution in [0, 0.1) is 5.92 Å². The van der Waals surface area contributed by atoms with Crippen molar-refractivity contribution in [3.8, 4) is 0 Å². The fraction of sp³-hybridized carbons (Fsp3) is 0.562. The Labute approximate surface area is 131 Å². The van der Waals surface area contributed by atoms with Crippen LogP contribution in [0.2, 0.25) is 5.02 Å². The molecule has 1 aliphatic rings. The van der Waals surface area contributed by atoms with Gasteiger partial charge in [-0.15, -0.1) is 0 Å². The third-order valence-corrected chi connectivity index (χ3v) is 7.12. The van der Waals surface area contributed by atoms with E-state index in [1.54, 1.807) is 18.2 Å². The zero-order valence-electron chi connectivity index (χ0n) is 12.4. The monoisotopic (exact) mass is 328 g/mol. The second-order valence-corrected chi connectivity index (χ2v) is 8.99. The number of carbonyl (C=O) groups excluding carboxylic acids is 1. The first-order chi connectivity index (χ1) is 9.82. The van der Waals surface area contributed by atoms with Gasteiger partial charge in [-0.3, -0.25) is 4.79 Å². The van der Waals surface area contributed by atoms with Gasteiger partial charge in [0.15, 0.2) is 15.6 Å². The van der Waals surface area contributed by atoms with Crippen LogP contribution in [0.1, 0.15) is 49.9 Å². The number of Topliss-reactive ketones (excluding diaryl/α,β-unsaturated/α-hetero) is 1. The quantitative estimate of drug-likeness (QED) is 0.787. The minimum atomic E-state index is -3.45. The molecule has 3 nitrogen and oxygen atoms in total. The first kappa shape index (κ1) is 16.5. The highest BCUT2D eigenvalue weighted by Gasteiger charge is 2.37. The summed E-state index contributed by atoms with van der Waals surface area (Å²) >= 11 is 5.87. The predicted molar refractivity (Wildman–Crippen MR) is 85.6 cm³/mol. The highest BCUT2D eigenvalue weighted by molar-refractivity contribution is 7.93. The molecular formula is C16H21ClO3S. The largest absolute Gasteiger partial charge is 0.293 e. The number of sulfone groups is 1. The lowest BCUT2D eigenvalue weighted by molar-refractivity contribution is 0.0990. The third kappa shape index (κ3) is 3.67. The molecule has 2 rings (SSSR count). The molecule has 1 aliphatic carbocycles. The van der Waals surface area contributed by atoms with Crippen LogP contribution in [-0.2, 0) is 9.84 Å². The van der Waals surface area contributed by atoms with Crippen molar-refractivity contribution >= 4 is 27.2 Å². The first-order valence-corrected chi connectivity index (χ1v) is 9.33. The van der Waals surface area contributed by atoms with Crippen LogP contribution in [0.15, 0.2) is 24.3 Å². The van der Waals surface area contributed by atoms with Crippen molar-refractivity contribution in [3.63, 3.8) is 0 Å². The topological polar surface area (TPSA) is 51.2 Å². The first-order valence-electron chi connectivity index (χ1n) is 7.35. The van der Waals surface area contributed by atoms with E-state index in [9.17, 15) is 13.2 Å². The predicted octanol–water partition coefficient (Wildman–Crippen LogP) is 3.90. The lowest BCUT2D eigenvalue weighted by Gasteiger charge is -2.28. The minimum Gasteiger partial charge on any atom is -0.293 e. The number of hydrogen-bond acceptors (Lipinski definition) is 3. The van der Waals surface area contributed by atoms with Gasteiger partial charge in [0.2, 0.25) is 0 Å². The SMILES string of the molecule is CC1CCCC(S(=O)(=O)C(C)C(=O)c2cccc(Cl)c2)C1. The van der Waals surface area contributed by atoms with Gasteiger partial charge in [-0.1, -0.05) is 43.5 Å². The van der Waals surface area contributed by atoms with Gasteiger partial charge < -0.3 is 0 Å². The second kappa shape index (κ2) is 6.49. The second-order valence-electron chi connectivity index (χ2n) is 6.00. The van der Waals surface area contributed by atoms with E-state index in [1.165, 1.54) is 13.0 Å². The molecule has 0 spiro atoms. The molecule has 0 aliphatic heterocycles. The van der Waals surface area contributed by atoms with E-state index < -0.39 is 15.1 Å². The van der Waals surface area contributed by atoms with E-state index in [2.05, 4.69) is 6.92 Å². The van der Waals surface area contributed by atoms with Gasteiger partial charge in [-0.05, 0) is 37.8 Å². The number of carbonyl (C=O) groups is 1. The Kier molecular flexibility index (Phi) is 5.10. The normalized spacial score (nSPS) is 24.5. The molecule has 0 saturated heterocycles. The molecule has 3 atom stereocenters. The minimum absolute atomic E-state index is 0.363. The van der Waals surface area contributed by atoms with Crippen molar-refractivity contribution in [1.29, 1.82) is 0 Å². The maximum absolute atomic E-state index is 12.7. The molecule has 0 radical (unpaired) electrons. The molecule has 0 bridgehead atoms. The summed E-state index contributed by atoms with van der Waals surface area (Å²) in [6.45, 7) is 3.57. The molecular weight excluding hydrogens is 308 g/mol. The summed E-state index contributed by atoms with van der Waals surface area (Å²) in [5.41, 5.74) is 0.363. The van der Waals surface area contributed by atoms with Crippen molar-refractivity contribution in [1.82, 2.24) is 0 Å². The van der Waals surface area contributed by atoms with Gasteiger partial charge in [0.25, 0.3) is 0 Å². The number of rotatable bonds is 4. The van der Waals surface area contributed by atoms with Crippen LogP contribution in [0.25, 0.3) is 0 Å². The van der Waals surface area contributed by atoms with Crippen molar-refractivity contribution < 1.29 is 13.2 Å². The van der Waals surface area contributed by atoms with Crippen molar-refractivity contribution in [2.75, 3.05) is 0 Å². The molecule has 21 heavy (non-hydrogen) atoms. The summed E-state index contributed by atoms with van der Waals surface area (Å²) < 4.78 is 25.4. The Hall–Kier alpha value is -0.870. The van der Waals surface area contributed by atoms with Gasteiger partial charge in [0.05, 0.1) is 5.25 Å². The summed E-state index contributed by atoms with van der Waals surface area (Å²) in [7, 11) is -3.45. The molecule has 1 aromatic carbocycles. The van der Waals surface area contributed by atoms with Crippen LogP contribution in [0.5, 0.6) is 0 Å². The Balaban J connectivity index is 2.21. The van der Waals surface area contributed by atoms with E-state index in [1.807, 2.05) is 0 Å². The maximum Gasteiger partial charge on any atom is 0.180 e. The average molecular weight is 329 g/mol. The molecule has 1 fully saturated rings. The average Bonchev–Trinajstić information content (AvgIpc) is 2.45. The van der Waals surface area contributed by atoms with Crippen molar-refractivity contribution in [2.24, 2.45) is 5.92 Å². The Bertz CT molecular complexity index is 624. The van der Waals surface area contributed by atoms with Crippen LogP contribution < -0.4 is 0 Å². The van der Waals surface area contributed by atoms with Gasteiger partial charge in [0.1, 0.15) is 5.25 Å². The molecule has 1 aromatic rings. The summed E-state index contributed by atoms with van der Waals surface area (Å²) in [6, 6.07) is 6.47. The van der Waals surface area contributed by atoms with Crippen molar-refractivity contribution in [2.45, 2.75) is 50.0 Å². The molecule has 0 aromatic heterocycles. The van der Waals surface area contributed by atoms with Crippen LogP contribution >= 0.6 is 11.6 Å². The van der Waals surface area contributed by atoms with E-state index in [-0.39, 0.29) is 11.0 Å². The Morgan fingerprint density at radius 3 is 2.67 bits per heavy atom. The number of benzene rings is 1. The fourth-order valence-corrected chi connectivity index (χ4v) is 5.29. The van der Waals surface area contributed by atoms with Crippen LogP contribution in [-0.4, -0.2) is 24.7 Å². The number of ketones is 1. The van der Waals surface area contributed by atoms with Gasteiger partial charge in [-0.25, -0.2) is 8.42 Å². The fourth-order valence-electron chi connectivity index (χ4n) is 2.99.